The first-order valence-electron chi connectivity index (χ1n) is 4.49. The summed E-state index contributed by atoms with van der Waals surface area (Å²) in [5, 5.41) is 4.57. The summed E-state index contributed by atoms with van der Waals surface area (Å²) in [6.07, 6.45) is 1.19. The van der Waals surface area contributed by atoms with Gasteiger partial charge in [0.15, 0.2) is 0 Å². The summed E-state index contributed by atoms with van der Waals surface area (Å²) >= 11 is 0. The summed E-state index contributed by atoms with van der Waals surface area (Å²) in [5.41, 5.74) is 0. The molecule has 4 nitrogen and oxygen atoms in total. The van der Waals surface area contributed by atoms with Crippen LogP contribution in [0.15, 0.2) is 36.5 Å². The van der Waals surface area contributed by atoms with Gasteiger partial charge in [0.25, 0.3) is 0 Å². The van der Waals surface area contributed by atoms with Crippen molar-refractivity contribution in [1.29, 1.82) is 0 Å². The van der Waals surface area contributed by atoms with Crippen molar-refractivity contribution in [1.82, 2.24) is 4.98 Å². The molecule has 0 saturated carbocycles. The third-order valence-electron chi connectivity index (χ3n) is 2.05. The molecule has 0 aliphatic carbocycles. The normalized spacial score (nSPS) is 9.93. The maximum Gasteiger partial charge on any atom is 0.412 e. The molecule has 0 spiro atoms. The Hall–Kier alpha value is -2.10. The van der Waals surface area contributed by atoms with Crippen molar-refractivity contribution < 1.29 is 9.53 Å². The van der Waals surface area contributed by atoms with Crippen LogP contribution in [0.5, 0.6) is 0 Å². The van der Waals surface area contributed by atoms with Gasteiger partial charge in [-0.05, 0) is 11.5 Å². The first-order valence-corrected chi connectivity index (χ1v) is 4.49. The van der Waals surface area contributed by atoms with Crippen molar-refractivity contribution >= 4 is 22.7 Å². The molecule has 0 aliphatic rings. The number of pyridine rings is 1. The van der Waals surface area contributed by atoms with Crippen molar-refractivity contribution in [3.05, 3.63) is 36.5 Å². The Morgan fingerprint density at radius 2 is 2.07 bits per heavy atom. The minimum absolute atomic E-state index is 0.487. The minimum Gasteiger partial charge on any atom is -0.453 e. The predicted octanol–water partition coefficient (Wildman–Crippen LogP) is 2.41. The Labute approximate surface area is 86.9 Å². The molecule has 1 N–H and O–H groups in total. The zero-order chi connectivity index (χ0) is 10.7. The standard InChI is InChI=1S/C11H10N2O2/c1-15-11(14)13-10-6-8-4-2-3-5-9(8)7-12-10/h2-7H,1H3,(H,12,13,14). The molecule has 0 aliphatic heterocycles. The number of hydrogen-bond acceptors (Lipinski definition) is 3. The second-order valence-corrected chi connectivity index (χ2v) is 3.03. The molecule has 0 unspecified atom stereocenters. The highest BCUT2D eigenvalue weighted by Gasteiger charge is 2.02. The average Bonchev–Trinajstić information content (AvgIpc) is 2.29. The van der Waals surface area contributed by atoms with Gasteiger partial charge in [0.2, 0.25) is 0 Å². The van der Waals surface area contributed by atoms with E-state index < -0.39 is 6.09 Å². The molecule has 1 heterocycles. The van der Waals surface area contributed by atoms with Crippen molar-refractivity contribution in [3.63, 3.8) is 0 Å². The lowest BCUT2D eigenvalue weighted by Crippen LogP contribution is -2.11. The molecule has 0 fully saturated rings. The van der Waals surface area contributed by atoms with Crippen molar-refractivity contribution in [3.8, 4) is 0 Å². The molecule has 0 radical (unpaired) electrons. The highest BCUT2D eigenvalue weighted by molar-refractivity contribution is 5.88. The third-order valence-corrected chi connectivity index (χ3v) is 2.05. The van der Waals surface area contributed by atoms with Crippen LogP contribution in [0.1, 0.15) is 0 Å². The van der Waals surface area contributed by atoms with Crippen molar-refractivity contribution in [2.45, 2.75) is 0 Å². The average molecular weight is 202 g/mol. The molecule has 2 rings (SSSR count). The summed E-state index contributed by atoms with van der Waals surface area (Å²) in [4.78, 5) is 15.0. The zero-order valence-corrected chi connectivity index (χ0v) is 8.23. The number of fused-ring (bicyclic) bond motifs is 1. The molecule has 2 aromatic rings. The summed E-state index contributed by atoms with van der Waals surface area (Å²) in [6.45, 7) is 0. The van der Waals surface area contributed by atoms with Crippen LogP contribution < -0.4 is 5.32 Å². The Morgan fingerprint density at radius 1 is 1.33 bits per heavy atom. The summed E-state index contributed by atoms with van der Waals surface area (Å²) < 4.78 is 4.48. The van der Waals surface area contributed by atoms with E-state index in [0.717, 1.165) is 10.8 Å². The van der Waals surface area contributed by atoms with Gasteiger partial charge in [-0.3, -0.25) is 5.32 Å². The highest BCUT2D eigenvalue weighted by atomic mass is 16.5. The number of amides is 1. The van der Waals surface area contributed by atoms with Gasteiger partial charge in [-0.15, -0.1) is 0 Å². The van der Waals surface area contributed by atoms with E-state index in [4.69, 9.17) is 0 Å². The lowest BCUT2D eigenvalue weighted by molar-refractivity contribution is 0.187. The number of hydrogen-bond donors (Lipinski definition) is 1. The van der Waals surface area contributed by atoms with E-state index in [9.17, 15) is 4.79 Å². The largest absolute Gasteiger partial charge is 0.453 e. The van der Waals surface area contributed by atoms with E-state index >= 15 is 0 Å². The zero-order valence-electron chi connectivity index (χ0n) is 8.23. The first-order chi connectivity index (χ1) is 7.29. The fourth-order valence-corrected chi connectivity index (χ4v) is 1.31. The Morgan fingerprint density at radius 3 is 2.80 bits per heavy atom. The van der Waals surface area contributed by atoms with Gasteiger partial charge >= 0.3 is 6.09 Å². The smallest absolute Gasteiger partial charge is 0.412 e. The minimum atomic E-state index is -0.516. The molecular formula is C11H10N2O2. The Balaban J connectivity index is 2.34. The number of anilines is 1. The molecule has 76 valence electrons. The summed E-state index contributed by atoms with van der Waals surface area (Å²) in [5.74, 6) is 0.487. The van der Waals surface area contributed by atoms with Gasteiger partial charge in [0.1, 0.15) is 5.82 Å². The number of benzene rings is 1. The first kappa shape index (κ1) is 9.45. The number of ether oxygens (including phenoxy) is 1. The number of nitrogens with zero attached hydrogens (tertiary/aromatic N) is 1. The molecule has 0 bridgehead atoms. The van der Waals surface area contributed by atoms with E-state index in [2.05, 4.69) is 15.0 Å². The number of carbonyl (C=O) groups is 1. The van der Waals surface area contributed by atoms with Crippen LogP contribution in [0.3, 0.4) is 0 Å². The molecule has 1 amide bonds. The maximum absolute atomic E-state index is 10.9. The van der Waals surface area contributed by atoms with Gasteiger partial charge in [0, 0.05) is 11.6 Å². The van der Waals surface area contributed by atoms with Crippen molar-refractivity contribution in [2.75, 3.05) is 12.4 Å². The van der Waals surface area contributed by atoms with E-state index in [1.54, 1.807) is 12.3 Å². The monoisotopic (exact) mass is 202 g/mol. The van der Waals surface area contributed by atoms with Gasteiger partial charge in [-0.2, -0.15) is 0 Å². The van der Waals surface area contributed by atoms with E-state index in [0.29, 0.717) is 5.82 Å². The second-order valence-electron chi connectivity index (χ2n) is 3.03. The fourth-order valence-electron chi connectivity index (χ4n) is 1.31. The van der Waals surface area contributed by atoms with Gasteiger partial charge in [-0.1, -0.05) is 24.3 Å². The lowest BCUT2D eigenvalue weighted by atomic mass is 10.2. The number of carbonyl (C=O) groups excluding carboxylic acids is 1. The van der Waals surface area contributed by atoms with Crippen LogP contribution in [-0.2, 0) is 4.74 Å². The molecule has 1 aromatic carbocycles. The summed E-state index contributed by atoms with van der Waals surface area (Å²) in [6, 6.07) is 9.59. The number of methoxy groups -OCH3 is 1. The predicted molar refractivity (Wildman–Crippen MR) is 57.8 cm³/mol. The van der Waals surface area contributed by atoms with Crippen LogP contribution in [0.4, 0.5) is 10.6 Å². The molecule has 1 aromatic heterocycles. The Kier molecular flexibility index (Phi) is 2.49. The molecule has 4 heteroatoms. The highest BCUT2D eigenvalue weighted by Crippen LogP contribution is 2.15. The van der Waals surface area contributed by atoms with Crippen LogP contribution in [0.2, 0.25) is 0 Å². The topological polar surface area (TPSA) is 51.2 Å². The maximum atomic E-state index is 10.9. The van der Waals surface area contributed by atoms with Crippen LogP contribution >= 0.6 is 0 Å². The Bertz CT molecular complexity index is 497. The van der Waals surface area contributed by atoms with Crippen LogP contribution in [-0.4, -0.2) is 18.2 Å². The fraction of sp³-hybridized carbons (Fsp3) is 0.0909. The number of aromatic nitrogens is 1. The molecule has 15 heavy (non-hydrogen) atoms. The van der Waals surface area contributed by atoms with Crippen LogP contribution in [0.25, 0.3) is 10.8 Å². The van der Waals surface area contributed by atoms with Crippen molar-refractivity contribution in [2.24, 2.45) is 0 Å². The van der Waals surface area contributed by atoms with E-state index in [1.165, 1.54) is 7.11 Å². The summed E-state index contributed by atoms with van der Waals surface area (Å²) in [7, 11) is 1.32. The second kappa shape index (κ2) is 3.96. The van der Waals surface area contributed by atoms with Gasteiger partial charge < -0.3 is 4.74 Å². The third kappa shape index (κ3) is 2.04. The molecule has 0 atom stereocenters. The molecular weight excluding hydrogens is 192 g/mol. The van der Waals surface area contributed by atoms with Gasteiger partial charge in [0.05, 0.1) is 7.11 Å². The van der Waals surface area contributed by atoms with Crippen LogP contribution in [0, 0.1) is 0 Å². The molecule has 0 saturated heterocycles. The van der Waals surface area contributed by atoms with E-state index in [1.807, 2.05) is 24.3 Å². The van der Waals surface area contributed by atoms with E-state index in [-0.39, 0.29) is 0 Å². The number of rotatable bonds is 1. The quantitative estimate of drug-likeness (QED) is 0.772. The SMILES string of the molecule is COC(=O)Nc1cc2ccccc2cn1. The number of nitrogens with one attached hydrogen (secondary N) is 1. The van der Waals surface area contributed by atoms with Gasteiger partial charge in [-0.25, -0.2) is 9.78 Å². The lowest BCUT2D eigenvalue weighted by Gasteiger charge is -2.03.